The molecule has 0 saturated carbocycles. The normalized spacial score (nSPS) is 13.9. The predicted molar refractivity (Wildman–Crippen MR) is 86.8 cm³/mol. The quantitative estimate of drug-likeness (QED) is 0.813. The highest BCUT2D eigenvalue weighted by molar-refractivity contribution is 6.07. The first-order chi connectivity index (χ1) is 10.1. The number of nitrogens with two attached hydrogens (primary N) is 1. The molecule has 0 spiro atoms. The number of carbonyl (C=O) groups excluding carboxylic acids is 1. The number of fused-ring (bicyclic) bond motifs is 1. The van der Waals surface area contributed by atoms with E-state index in [0.29, 0.717) is 0 Å². The number of carbonyl (C=O) groups is 1. The highest BCUT2D eigenvalue weighted by Gasteiger charge is 2.24. The number of hydrogen-bond acceptors (Lipinski definition) is 2. The first-order valence-electron chi connectivity index (χ1n) is 7.34. The summed E-state index contributed by atoms with van der Waals surface area (Å²) >= 11 is 0. The summed E-state index contributed by atoms with van der Waals surface area (Å²) in [7, 11) is 0. The lowest BCUT2D eigenvalue weighted by Crippen LogP contribution is -2.35. The molecule has 0 aromatic heterocycles. The molecule has 21 heavy (non-hydrogen) atoms. The lowest BCUT2D eigenvalue weighted by Gasteiger charge is -2.30. The van der Waals surface area contributed by atoms with Crippen molar-refractivity contribution in [3.63, 3.8) is 0 Å². The van der Waals surface area contributed by atoms with Crippen LogP contribution in [0.15, 0.2) is 36.4 Å². The summed E-state index contributed by atoms with van der Waals surface area (Å²) in [6, 6.07) is 11.8. The van der Waals surface area contributed by atoms with Crippen LogP contribution < -0.4 is 10.6 Å². The number of nitrogen functional groups attached to an aromatic ring is 1. The van der Waals surface area contributed by atoms with Crippen molar-refractivity contribution in [2.24, 2.45) is 0 Å². The van der Waals surface area contributed by atoms with Gasteiger partial charge in [0.1, 0.15) is 0 Å². The van der Waals surface area contributed by atoms with Gasteiger partial charge in [0.05, 0.1) is 0 Å². The minimum absolute atomic E-state index is 0.0633. The molecule has 0 fully saturated rings. The third kappa shape index (κ3) is 2.51. The van der Waals surface area contributed by atoms with E-state index in [9.17, 15) is 4.79 Å². The van der Waals surface area contributed by atoms with Crippen LogP contribution in [0.2, 0.25) is 0 Å². The van der Waals surface area contributed by atoms with Crippen LogP contribution in [0.5, 0.6) is 0 Å². The fourth-order valence-corrected chi connectivity index (χ4v) is 3.12. The Kier molecular flexibility index (Phi) is 3.42. The summed E-state index contributed by atoms with van der Waals surface area (Å²) in [4.78, 5) is 14.7. The van der Waals surface area contributed by atoms with Crippen LogP contribution in [0.1, 0.15) is 33.5 Å². The molecule has 3 rings (SSSR count). The number of aryl methyl sites for hydroxylation is 2. The highest BCUT2D eigenvalue weighted by atomic mass is 16.2. The van der Waals surface area contributed by atoms with Gasteiger partial charge in [-0.05, 0) is 56.5 Å². The van der Waals surface area contributed by atoms with Gasteiger partial charge in [0.2, 0.25) is 0 Å². The van der Waals surface area contributed by atoms with Crippen molar-refractivity contribution in [1.29, 1.82) is 0 Å². The van der Waals surface area contributed by atoms with E-state index in [0.717, 1.165) is 53.0 Å². The monoisotopic (exact) mass is 280 g/mol. The summed E-state index contributed by atoms with van der Waals surface area (Å²) in [5, 5.41) is 0. The number of nitrogens with zero attached hydrogens (tertiary/aromatic N) is 1. The molecule has 3 nitrogen and oxygen atoms in total. The zero-order valence-corrected chi connectivity index (χ0v) is 12.5. The van der Waals surface area contributed by atoms with Gasteiger partial charge in [0, 0.05) is 23.5 Å². The molecule has 1 aliphatic heterocycles. The molecule has 3 heteroatoms. The number of anilines is 2. The molecular weight excluding hydrogens is 260 g/mol. The average Bonchev–Trinajstić information content (AvgIpc) is 2.45. The third-order valence-electron chi connectivity index (χ3n) is 4.00. The Balaban J connectivity index is 2.02. The summed E-state index contributed by atoms with van der Waals surface area (Å²) in [6.45, 7) is 4.79. The number of hydrogen-bond donors (Lipinski definition) is 1. The Morgan fingerprint density at radius 1 is 1.14 bits per heavy atom. The molecule has 2 aromatic rings. The van der Waals surface area contributed by atoms with Crippen molar-refractivity contribution >= 4 is 17.3 Å². The molecule has 2 N–H and O–H groups in total. The SMILES string of the molecule is Cc1cc(C)cc(C(=O)N2CCCc3c(N)cccc32)c1. The maximum Gasteiger partial charge on any atom is 0.258 e. The maximum atomic E-state index is 12.9. The van der Waals surface area contributed by atoms with Gasteiger partial charge in [-0.3, -0.25) is 4.79 Å². The van der Waals surface area contributed by atoms with E-state index in [-0.39, 0.29) is 5.91 Å². The minimum atomic E-state index is 0.0633. The van der Waals surface area contributed by atoms with Crippen molar-refractivity contribution in [3.8, 4) is 0 Å². The van der Waals surface area contributed by atoms with Gasteiger partial charge in [0.15, 0.2) is 0 Å². The van der Waals surface area contributed by atoms with E-state index in [1.54, 1.807) is 0 Å². The second-order valence-corrected chi connectivity index (χ2v) is 5.78. The number of amides is 1. The Morgan fingerprint density at radius 3 is 2.57 bits per heavy atom. The van der Waals surface area contributed by atoms with E-state index in [4.69, 9.17) is 5.73 Å². The van der Waals surface area contributed by atoms with E-state index < -0.39 is 0 Å². The molecule has 1 aliphatic rings. The second-order valence-electron chi connectivity index (χ2n) is 5.78. The van der Waals surface area contributed by atoms with Crippen LogP contribution in [0, 0.1) is 13.8 Å². The molecule has 1 amide bonds. The topological polar surface area (TPSA) is 46.3 Å². The molecule has 0 atom stereocenters. The van der Waals surface area contributed by atoms with E-state index in [1.807, 2.05) is 49.1 Å². The largest absolute Gasteiger partial charge is 0.398 e. The number of rotatable bonds is 1. The van der Waals surface area contributed by atoms with Crippen molar-refractivity contribution in [1.82, 2.24) is 0 Å². The van der Waals surface area contributed by atoms with E-state index in [1.165, 1.54) is 0 Å². The molecule has 0 saturated heterocycles. The third-order valence-corrected chi connectivity index (χ3v) is 4.00. The summed E-state index contributed by atoms with van der Waals surface area (Å²) in [5.41, 5.74) is 11.9. The van der Waals surface area contributed by atoms with Crippen molar-refractivity contribution in [3.05, 3.63) is 58.7 Å². The standard InChI is InChI=1S/C18H20N2O/c1-12-9-13(2)11-14(10-12)18(21)20-8-4-5-15-16(19)6-3-7-17(15)20/h3,6-7,9-11H,4-5,8,19H2,1-2H3. The fraction of sp³-hybridized carbons (Fsp3) is 0.278. The smallest absolute Gasteiger partial charge is 0.258 e. The van der Waals surface area contributed by atoms with Gasteiger partial charge in [-0.1, -0.05) is 23.3 Å². The van der Waals surface area contributed by atoms with Crippen LogP contribution in [0.4, 0.5) is 11.4 Å². The van der Waals surface area contributed by atoms with Gasteiger partial charge in [-0.2, -0.15) is 0 Å². The zero-order valence-electron chi connectivity index (χ0n) is 12.5. The molecule has 0 aliphatic carbocycles. The summed E-state index contributed by atoms with van der Waals surface area (Å²) in [5.74, 6) is 0.0633. The van der Waals surface area contributed by atoms with Gasteiger partial charge in [-0.25, -0.2) is 0 Å². The summed E-state index contributed by atoms with van der Waals surface area (Å²) in [6.07, 6.45) is 1.90. The predicted octanol–water partition coefficient (Wildman–Crippen LogP) is 3.48. The van der Waals surface area contributed by atoms with Crippen LogP contribution >= 0.6 is 0 Å². The van der Waals surface area contributed by atoms with Crippen molar-refractivity contribution < 1.29 is 4.79 Å². The van der Waals surface area contributed by atoms with Crippen LogP contribution in [0.25, 0.3) is 0 Å². The van der Waals surface area contributed by atoms with Gasteiger partial charge >= 0.3 is 0 Å². The Labute approximate surface area is 125 Å². The molecule has 0 radical (unpaired) electrons. The maximum absolute atomic E-state index is 12.9. The first kappa shape index (κ1) is 13.7. The molecular formula is C18H20N2O. The van der Waals surface area contributed by atoms with Crippen molar-refractivity contribution in [2.75, 3.05) is 17.2 Å². The van der Waals surface area contributed by atoms with E-state index in [2.05, 4.69) is 6.07 Å². The number of benzene rings is 2. The molecule has 2 aromatic carbocycles. The zero-order chi connectivity index (χ0) is 15.0. The first-order valence-corrected chi connectivity index (χ1v) is 7.34. The van der Waals surface area contributed by atoms with Gasteiger partial charge in [0.25, 0.3) is 5.91 Å². The van der Waals surface area contributed by atoms with Crippen LogP contribution in [-0.2, 0) is 6.42 Å². The molecule has 0 bridgehead atoms. The highest BCUT2D eigenvalue weighted by Crippen LogP contribution is 2.32. The fourth-order valence-electron chi connectivity index (χ4n) is 3.12. The van der Waals surface area contributed by atoms with Gasteiger partial charge in [-0.15, -0.1) is 0 Å². The molecule has 1 heterocycles. The van der Waals surface area contributed by atoms with Crippen LogP contribution in [0.3, 0.4) is 0 Å². The Morgan fingerprint density at radius 2 is 1.86 bits per heavy atom. The van der Waals surface area contributed by atoms with Gasteiger partial charge < -0.3 is 10.6 Å². The molecule has 0 unspecified atom stereocenters. The second kappa shape index (κ2) is 5.24. The lowest BCUT2D eigenvalue weighted by molar-refractivity contribution is 0.0985. The van der Waals surface area contributed by atoms with Crippen molar-refractivity contribution in [2.45, 2.75) is 26.7 Å². The van der Waals surface area contributed by atoms with E-state index >= 15 is 0 Å². The molecule has 108 valence electrons. The Hall–Kier alpha value is -2.29. The Bertz CT molecular complexity index is 686. The van der Waals surface area contributed by atoms with Crippen LogP contribution in [-0.4, -0.2) is 12.5 Å². The average molecular weight is 280 g/mol. The lowest BCUT2D eigenvalue weighted by atomic mass is 9.98. The summed E-state index contributed by atoms with van der Waals surface area (Å²) < 4.78 is 0. The minimum Gasteiger partial charge on any atom is -0.398 e.